The predicted octanol–water partition coefficient (Wildman–Crippen LogP) is 1.11. The van der Waals surface area contributed by atoms with Crippen LogP contribution in [0, 0.1) is 6.92 Å². The lowest BCUT2D eigenvalue weighted by Gasteiger charge is -2.11. The number of aryl methyl sites for hydroxylation is 2. The highest BCUT2D eigenvalue weighted by Crippen LogP contribution is 2.26. The molecule has 18 heavy (non-hydrogen) atoms. The highest BCUT2D eigenvalue weighted by atomic mass is 32.1. The van der Waals surface area contributed by atoms with Gasteiger partial charge >= 0.3 is 5.69 Å². The minimum absolute atomic E-state index is 0.152. The van der Waals surface area contributed by atoms with Crippen molar-refractivity contribution in [1.82, 2.24) is 9.13 Å². The Kier molecular flexibility index (Phi) is 3.16. The van der Waals surface area contributed by atoms with Crippen molar-refractivity contribution >= 4 is 21.6 Å². The Morgan fingerprint density at radius 1 is 1.33 bits per heavy atom. The molecular weight excluding hydrogens is 250 g/mol. The van der Waals surface area contributed by atoms with Gasteiger partial charge in [0.1, 0.15) is 4.83 Å². The molecule has 2 rings (SSSR count). The Hall–Kier alpha value is -1.40. The van der Waals surface area contributed by atoms with Crippen LogP contribution in [-0.4, -0.2) is 9.13 Å². The molecule has 0 aromatic carbocycles. The third kappa shape index (κ3) is 1.64. The Labute approximate surface area is 108 Å². The van der Waals surface area contributed by atoms with E-state index in [0.717, 1.165) is 10.4 Å². The molecule has 0 amide bonds. The van der Waals surface area contributed by atoms with Gasteiger partial charge in [0.2, 0.25) is 0 Å². The zero-order valence-corrected chi connectivity index (χ0v) is 11.8. The first-order valence-corrected chi connectivity index (χ1v) is 6.65. The normalized spacial score (nSPS) is 11.7. The average Bonchev–Trinajstić information content (AvgIpc) is 2.63. The van der Waals surface area contributed by atoms with E-state index in [-0.39, 0.29) is 17.3 Å². The van der Waals surface area contributed by atoms with Crippen molar-refractivity contribution in [3.8, 4) is 0 Å². The first-order chi connectivity index (χ1) is 8.40. The van der Waals surface area contributed by atoms with E-state index >= 15 is 0 Å². The van der Waals surface area contributed by atoms with E-state index in [1.165, 1.54) is 20.5 Å². The molecule has 0 aliphatic heterocycles. The van der Waals surface area contributed by atoms with Crippen molar-refractivity contribution < 1.29 is 0 Å². The molecular formula is C12H17N3O2S. The Morgan fingerprint density at radius 3 is 2.44 bits per heavy atom. The maximum Gasteiger partial charge on any atom is 0.332 e. The molecule has 2 N–H and O–H groups in total. The fourth-order valence-corrected chi connectivity index (χ4v) is 3.27. The number of hydrogen-bond acceptors (Lipinski definition) is 4. The van der Waals surface area contributed by atoms with E-state index in [4.69, 9.17) is 5.73 Å². The number of nitrogens with zero attached hydrogens (tertiary/aromatic N) is 2. The van der Waals surface area contributed by atoms with E-state index in [0.29, 0.717) is 16.8 Å². The van der Waals surface area contributed by atoms with Crippen LogP contribution >= 0.6 is 11.3 Å². The standard InChI is InChI=1S/C12H17N3O2S/c1-6(2)15-10(16)9-7(3)8(5-13)18-11(9)14(4)12(15)17/h6H,5,13H2,1-4H3. The summed E-state index contributed by atoms with van der Waals surface area (Å²) in [6.07, 6.45) is 0. The van der Waals surface area contributed by atoms with Gasteiger partial charge in [-0.1, -0.05) is 0 Å². The summed E-state index contributed by atoms with van der Waals surface area (Å²) in [4.78, 5) is 26.2. The van der Waals surface area contributed by atoms with E-state index in [1.807, 2.05) is 20.8 Å². The smallest absolute Gasteiger partial charge is 0.326 e. The number of nitrogens with two attached hydrogens (primary N) is 1. The first-order valence-electron chi connectivity index (χ1n) is 5.83. The van der Waals surface area contributed by atoms with Crippen molar-refractivity contribution in [2.75, 3.05) is 0 Å². The van der Waals surface area contributed by atoms with Gasteiger partial charge in [-0.25, -0.2) is 4.79 Å². The fraction of sp³-hybridized carbons (Fsp3) is 0.500. The van der Waals surface area contributed by atoms with E-state index < -0.39 is 0 Å². The van der Waals surface area contributed by atoms with Gasteiger partial charge < -0.3 is 5.73 Å². The summed E-state index contributed by atoms with van der Waals surface area (Å²) in [5, 5.41) is 0.622. The third-order valence-electron chi connectivity index (χ3n) is 3.16. The summed E-state index contributed by atoms with van der Waals surface area (Å²) >= 11 is 1.42. The number of thiophene rings is 1. The van der Waals surface area contributed by atoms with Gasteiger partial charge in [0.05, 0.1) is 5.39 Å². The second kappa shape index (κ2) is 4.37. The fourth-order valence-electron chi connectivity index (χ4n) is 2.14. The van der Waals surface area contributed by atoms with Crippen LogP contribution in [0.1, 0.15) is 30.3 Å². The lowest BCUT2D eigenvalue weighted by Crippen LogP contribution is -2.39. The number of aromatic nitrogens is 2. The van der Waals surface area contributed by atoms with Crippen LogP contribution < -0.4 is 17.0 Å². The van der Waals surface area contributed by atoms with Gasteiger partial charge in [-0.3, -0.25) is 13.9 Å². The molecule has 0 spiro atoms. The monoisotopic (exact) mass is 267 g/mol. The van der Waals surface area contributed by atoms with Crippen molar-refractivity contribution in [3.05, 3.63) is 31.3 Å². The quantitative estimate of drug-likeness (QED) is 0.886. The van der Waals surface area contributed by atoms with Crippen molar-refractivity contribution in [2.45, 2.75) is 33.4 Å². The average molecular weight is 267 g/mol. The van der Waals surface area contributed by atoms with E-state index in [1.54, 1.807) is 7.05 Å². The van der Waals surface area contributed by atoms with Gasteiger partial charge in [0.15, 0.2) is 0 Å². The van der Waals surface area contributed by atoms with Gasteiger partial charge in [0, 0.05) is 24.5 Å². The SMILES string of the molecule is Cc1c(CN)sc2c1c(=O)n(C(C)C)c(=O)n2C. The molecule has 0 radical (unpaired) electrons. The highest BCUT2D eigenvalue weighted by Gasteiger charge is 2.18. The molecule has 0 saturated heterocycles. The molecule has 6 heteroatoms. The van der Waals surface area contributed by atoms with Crippen LogP contribution in [0.4, 0.5) is 0 Å². The maximum atomic E-state index is 12.4. The van der Waals surface area contributed by atoms with Gasteiger partial charge in [-0.2, -0.15) is 0 Å². The van der Waals surface area contributed by atoms with Crippen molar-refractivity contribution in [3.63, 3.8) is 0 Å². The van der Waals surface area contributed by atoms with Crippen LogP contribution in [0.25, 0.3) is 10.2 Å². The van der Waals surface area contributed by atoms with E-state index in [2.05, 4.69) is 0 Å². The minimum Gasteiger partial charge on any atom is -0.326 e. The summed E-state index contributed by atoms with van der Waals surface area (Å²) in [7, 11) is 1.69. The van der Waals surface area contributed by atoms with Gasteiger partial charge in [-0.05, 0) is 26.3 Å². The Bertz CT molecular complexity index is 721. The molecule has 0 atom stereocenters. The van der Waals surface area contributed by atoms with Crippen LogP contribution in [0.5, 0.6) is 0 Å². The second-order valence-electron chi connectivity index (χ2n) is 4.65. The Balaban J connectivity index is 3.07. The van der Waals surface area contributed by atoms with Crippen LogP contribution in [0.2, 0.25) is 0 Å². The summed E-state index contributed by atoms with van der Waals surface area (Å²) in [6.45, 7) is 5.94. The summed E-state index contributed by atoms with van der Waals surface area (Å²) in [5.41, 5.74) is 6.08. The molecule has 2 aromatic heterocycles. The molecule has 2 heterocycles. The van der Waals surface area contributed by atoms with E-state index in [9.17, 15) is 9.59 Å². The molecule has 0 saturated carbocycles. The summed E-state index contributed by atoms with van der Waals surface area (Å²) in [6, 6.07) is -0.152. The second-order valence-corrected chi connectivity index (χ2v) is 5.73. The lowest BCUT2D eigenvalue weighted by atomic mass is 10.2. The molecule has 98 valence electrons. The predicted molar refractivity (Wildman–Crippen MR) is 74.3 cm³/mol. The molecule has 5 nitrogen and oxygen atoms in total. The van der Waals surface area contributed by atoms with Crippen LogP contribution in [-0.2, 0) is 13.6 Å². The van der Waals surface area contributed by atoms with Gasteiger partial charge in [0.25, 0.3) is 5.56 Å². The summed E-state index contributed by atoms with van der Waals surface area (Å²) < 4.78 is 2.83. The lowest BCUT2D eigenvalue weighted by molar-refractivity contribution is 0.533. The zero-order valence-electron chi connectivity index (χ0n) is 11.0. The number of hydrogen-bond donors (Lipinski definition) is 1. The largest absolute Gasteiger partial charge is 0.332 e. The number of rotatable bonds is 2. The molecule has 2 aromatic rings. The van der Waals surface area contributed by atoms with Crippen molar-refractivity contribution in [2.24, 2.45) is 12.8 Å². The van der Waals surface area contributed by atoms with Crippen molar-refractivity contribution in [1.29, 1.82) is 0 Å². The Morgan fingerprint density at radius 2 is 1.94 bits per heavy atom. The van der Waals surface area contributed by atoms with Gasteiger partial charge in [-0.15, -0.1) is 11.3 Å². The maximum absolute atomic E-state index is 12.4. The first kappa shape index (κ1) is 13.0. The van der Waals surface area contributed by atoms with Crippen LogP contribution in [0.3, 0.4) is 0 Å². The topological polar surface area (TPSA) is 70.0 Å². The summed E-state index contributed by atoms with van der Waals surface area (Å²) in [5.74, 6) is 0. The third-order valence-corrected chi connectivity index (χ3v) is 4.55. The highest BCUT2D eigenvalue weighted by molar-refractivity contribution is 7.18. The zero-order chi connectivity index (χ0) is 13.6. The molecule has 0 bridgehead atoms. The molecule has 0 aliphatic rings. The molecule has 0 fully saturated rings. The molecule has 0 unspecified atom stereocenters. The molecule has 0 aliphatic carbocycles. The van der Waals surface area contributed by atoms with Crippen LogP contribution in [0.15, 0.2) is 9.59 Å². The number of fused-ring (bicyclic) bond motifs is 1. The minimum atomic E-state index is -0.271.